The second-order valence-electron chi connectivity index (χ2n) is 3.97. The van der Waals surface area contributed by atoms with Crippen LogP contribution in [0.5, 0.6) is 5.75 Å². The van der Waals surface area contributed by atoms with Gasteiger partial charge in [0.05, 0.1) is 12.5 Å². The number of ketones is 1. The number of hydrogen-bond acceptors (Lipinski definition) is 3. The van der Waals surface area contributed by atoms with Crippen LogP contribution in [0.2, 0.25) is 0 Å². The van der Waals surface area contributed by atoms with Gasteiger partial charge >= 0.3 is 0 Å². The zero-order valence-electron chi connectivity index (χ0n) is 8.81. The van der Waals surface area contributed by atoms with Gasteiger partial charge in [0.25, 0.3) is 0 Å². The summed E-state index contributed by atoms with van der Waals surface area (Å²) < 4.78 is 10.8. The van der Waals surface area contributed by atoms with E-state index in [2.05, 4.69) is 0 Å². The van der Waals surface area contributed by atoms with Gasteiger partial charge in [0.1, 0.15) is 12.4 Å². The second-order valence-corrected chi connectivity index (χ2v) is 3.97. The minimum atomic E-state index is -0.194. The van der Waals surface area contributed by atoms with Crippen molar-refractivity contribution in [2.24, 2.45) is 0 Å². The fourth-order valence-corrected chi connectivity index (χ4v) is 2.14. The predicted molar refractivity (Wildman–Crippen MR) is 58.3 cm³/mol. The molecule has 3 nitrogen and oxygen atoms in total. The molecule has 3 heteroatoms. The lowest BCUT2D eigenvalue weighted by Crippen LogP contribution is -2.16. The van der Waals surface area contributed by atoms with Crippen LogP contribution in [0.1, 0.15) is 17.9 Å². The van der Waals surface area contributed by atoms with Crippen molar-refractivity contribution >= 4 is 5.78 Å². The van der Waals surface area contributed by atoms with Gasteiger partial charge < -0.3 is 9.47 Å². The third-order valence-corrected chi connectivity index (χ3v) is 2.96. The lowest BCUT2D eigenvalue weighted by molar-refractivity contribution is -0.120. The molecule has 0 saturated carbocycles. The minimum absolute atomic E-state index is 0.0439. The monoisotopic (exact) mass is 216 g/mol. The van der Waals surface area contributed by atoms with Gasteiger partial charge in [0, 0.05) is 12.0 Å². The molecule has 1 unspecified atom stereocenters. The third-order valence-electron chi connectivity index (χ3n) is 2.96. The van der Waals surface area contributed by atoms with Gasteiger partial charge in [-0.3, -0.25) is 4.79 Å². The lowest BCUT2D eigenvalue weighted by Gasteiger charge is -2.08. The van der Waals surface area contributed by atoms with Crippen LogP contribution in [-0.2, 0) is 9.53 Å². The molecule has 2 aliphatic rings. The Morgan fingerprint density at radius 3 is 2.94 bits per heavy atom. The van der Waals surface area contributed by atoms with Gasteiger partial charge in [-0.15, -0.1) is 0 Å². The number of benzene rings is 1. The van der Waals surface area contributed by atoms with E-state index in [0.29, 0.717) is 19.0 Å². The van der Waals surface area contributed by atoms with Crippen LogP contribution in [0.4, 0.5) is 0 Å². The van der Waals surface area contributed by atoms with E-state index >= 15 is 0 Å². The quantitative estimate of drug-likeness (QED) is 0.758. The van der Waals surface area contributed by atoms with Gasteiger partial charge in [-0.1, -0.05) is 18.2 Å². The third kappa shape index (κ3) is 1.40. The average molecular weight is 216 g/mol. The number of carbonyl (C=O) groups excluding carboxylic acids is 1. The topological polar surface area (TPSA) is 35.5 Å². The van der Waals surface area contributed by atoms with E-state index in [0.717, 1.165) is 17.7 Å². The van der Waals surface area contributed by atoms with Gasteiger partial charge in [0.15, 0.2) is 5.76 Å². The Bertz CT molecular complexity index is 462. The summed E-state index contributed by atoms with van der Waals surface area (Å²) in [5, 5.41) is 0. The molecule has 1 aromatic carbocycles. The average Bonchev–Trinajstić information content (AvgIpc) is 2.98. The number of hydrogen-bond donors (Lipinski definition) is 0. The SMILES string of the molecule is O=C(C1=CCCO1)C1COc2ccccc21. The second kappa shape index (κ2) is 3.67. The Labute approximate surface area is 93.7 Å². The van der Waals surface area contributed by atoms with Gasteiger partial charge in [-0.05, 0) is 12.1 Å². The molecule has 16 heavy (non-hydrogen) atoms. The van der Waals surface area contributed by atoms with Crippen molar-refractivity contribution in [2.45, 2.75) is 12.3 Å². The van der Waals surface area contributed by atoms with E-state index in [9.17, 15) is 4.79 Å². The first-order valence-electron chi connectivity index (χ1n) is 5.45. The number of ether oxygens (including phenoxy) is 2. The van der Waals surface area contributed by atoms with Crippen molar-refractivity contribution in [2.75, 3.05) is 13.2 Å². The van der Waals surface area contributed by atoms with Crippen LogP contribution < -0.4 is 4.74 Å². The van der Waals surface area contributed by atoms with Crippen LogP contribution in [0.3, 0.4) is 0 Å². The highest BCUT2D eigenvalue weighted by atomic mass is 16.5. The first-order valence-corrected chi connectivity index (χ1v) is 5.45. The Morgan fingerprint density at radius 2 is 2.12 bits per heavy atom. The summed E-state index contributed by atoms with van der Waals surface area (Å²) in [6, 6.07) is 7.68. The molecule has 1 atom stereocenters. The summed E-state index contributed by atoms with van der Waals surface area (Å²) in [7, 11) is 0. The molecule has 0 aliphatic carbocycles. The first-order chi connectivity index (χ1) is 7.86. The highest BCUT2D eigenvalue weighted by molar-refractivity contribution is 5.99. The number of para-hydroxylation sites is 1. The number of carbonyl (C=O) groups is 1. The van der Waals surface area contributed by atoms with Gasteiger partial charge in [0.2, 0.25) is 5.78 Å². The van der Waals surface area contributed by atoms with E-state index in [1.165, 1.54) is 0 Å². The van der Waals surface area contributed by atoms with Gasteiger partial charge in [-0.25, -0.2) is 0 Å². The van der Waals surface area contributed by atoms with Crippen molar-refractivity contribution in [1.82, 2.24) is 0 Å². The van der Waals surface area contributed by atoms with E-state index in [4.69, 9.17) is 9.47 Å². The van der Waals surface area contributed by atoms with E-state index < -0.39 is 0 Å². The normalized spacial score (nSPS) is 22.0. The molecule has 0 bridgehead atoms. The van der Waals surface area contributed by atoms with Crippen molar-refractivity contribution in [3.63, 3.8) is 0 Å². The number of allylic oxidation sites excluding steroid dienone is 1. The zero-order chi connectivity index (χ0) is 11.0. The smallest absolute Gasteiger partial charge is 0.208 e. The molecule has 3 rings (SSSR count). The zero-order valence-corrected chi connectivity index (χ0v) is 8.81. The van der Waals surface area contributed by atoms with E-state index in [1.54, 1.807) is 0 Å². The Hall–Kier alpha value is -1.77. The molecule has 0 fully saturated rings. The molecular weight excluding hydrogens is 204 g/mol. The molecule has 82 valence electrons. The van der Waals surface area contributed by atoms with Crippen molar-refractivity contribution in [1.29, 1.82) is 0 Å². The van der Waals surface area contributed by atoms with Crippen LogP contribution >= 0.6 is 0 Å². The van der Waals surface area contributed by atoms with E-state index in [-0.39, 0.29) is 11.7 Å². The minimum Gasteiger partial charge on any atom is -0.492 e. The highest BCUT2D eigenvalue weighted by Crippen LogP contribution is 2.35. The van der Waals surface area contributed by atoms with Crippen molar-refractivity contribution in [3.8, 4) is 5.75 Å². The molecule has 2 aliphatic heterocycles. The highest BCUT2D eigenvalue weighted by Gasteiger charge is 2.33. The molecule has 0 saturated heterocycles. The van der Waals surface area contributed by atoms with Crippen LogP contribution in [0.25, 0.3) is 0 Å². The summed E-state index contributed by atoms with van der Waals surface area (Å²) in [5.41, 5.74) is 0.976. The van der Waals surface area contributed by atoms with Crippen molar-refractivity contribution < 1.29 is 14.3 Å². The summed E-state index contributed by atoms with van der Waals surface area (Å²) in [6.45, 7) is 1.05. The largest absolute Gasteiger partial charge is 0.492 e. The lowest BCUT2D eigenvalue weighted by atomic mass is 9.96. The van der Waals surface area contributed by atoms with Crippen molar-refractivity contribution in [3.05, 3.63) is 41.7 Å². The van der Waals surface area contributed by atoms with Crippen LogP contribution in [-0.4, -0.2) is 19.0 Å². The van der Waals surface area contributed by atoms with Gasteiger partial charge in [-0.2, -0.15) is 0 Å². The molecule has 0 spiro atoms. The number of Topliss-reactive ketones (excluding diaryl/α,β-unsaturated/α-hetero) is 1. The maximum atomic E-state index is 12.1. The molecule has 0 amide bonds. The maximum absolute atomic E-state index is 12.1. The Balaban J connectivity index is 1.90. The Kier molecular flexibility index (Phi) is 2.17. The fraction of sp³-hybridized carbons (Fsp3) is 0.308. The maximum Gasteiger partial charge on any atom is 0.208 e. The molecule has 0 N–H and O–H groups in total. The molecule has 1 aromatic rings. The summed E-state index contributed by atoms with van der Waals surface area (Å²) in [6.07, 6.45) is 2.69. The molecular formula is C13H12O3. The fourth-order valence-electron chi connectivity index (χ4n) is 2.14. The first kappa shape index (κ1) is 9.46. The number of fused-ring (bicyclic) bond motifs is 1. The molecule has 2 heterocycles. The Morgan fingerprint density at radius 1 is 1.25 bits per heavy atom. The summed E-state index contributed by atoms with van der Waals surface area (Å²) in [5.74, 6) is 1.17. The molecule has 0 aromatic heterocycles. The van der Waals surface area contributed by atoms with Crippen LogP contribution in [0.15, 0.2) is 36.1 Å². The summed E-state index contributed by atoms with van der Waals surface area (Å²) in [4.78, 5) is 12.1. The van der Waals surface area contributed by atoms with E-state index in [1.807, 2.05) is 30.3 Å². The molecule has 0 radical (unpaired) electrons. The standard InChI is InChI=1S/C13H12O3/c14-13(12-6-3-7-15-12)10-8-16-11-5-2-1-4-9(10)11/h1-2,4-6,10H,3,7-8H2. The van der Waals surface area contributed by atoms with Crippen LogP contribution in [0, 0.1) is 0 Å². The predicted octanol–water partition coefficient (Wildman–Crippen LogP) is 2.04. The number of rotatable bonds is 2. The summed E-state index contributed by atoms with van der Waals surface area (Å²) >= 11 is 0.